The van der Waals surface area contributed by atoms with Crippen molar-refractivity contribution < 1.29 is 52.2 Å². The highest BCUT2D eigenvalue weighted by molar-refractivity contribution is 6.00. The molecule has 1 aromatic heterocycles. The van der Waals surface area contributed by atoms with Crippen LogP contribution in [0.15, 0.2) is 65.1 Å². The molecule has 0 fully saturated rings. The van der Waals surface area contributed by atoms with Gasteiger partial charge >= 0.3 is 11.9 Å². The van der Waals surface area contributed by atoms with E-state index >= 15 is 0 Å². The second-order valence-electron chi connectivity index (χ2n) is 16.2. The Morgan fingerprint density at radius 1 is 0.833 bits per heavy atom. The monoisotopic (exact) mass is 834 g/mol. The van der Waals surface area contributed by atoms with E-state index in [1.807, 2.05) is 37.3 Å². The molecule has 3 aromatic rings. The van der Waals surface area contributed by atoms with Gasteiger partial charge in [0.05, 0.1) is 37.2 Å². The zero-order valence-electron chi connectivity index (χ0n) is 36.4. The van der Waals surface area contributed by atoms with Crippen molar-refractivity contribution in [3.8, 4) is 17.1 Å². The number of hydrogen-bond donors (Lipinski definition) is 3. The molecule has 0 unspecified atom stereocenters. The number of hydroxylamine groups is 2. The van der Waals surface area contributed by atoms with Gasteiger partial charge in [0, 0.05) is 5.56 Å². The maximum Gasteiger partial charge on any atom is 0.329 e. The molecule has 4 amide bonds. The van der Waals surface area contributed by atoms with Crippen LogP contribution in [0.25, 0.3) is 11.3 Å². The highest BCUT2D eigenvalue weighted by atomic mass is 16.7. The maximum atomic E-state index is 13.6. The lowest BCUT2D eigenvalue weighted by Gasteiger charge is -2.32. The molecule has 0 aliphatic heterocycles. The summed E-state index contributed by atoms with van der Waals surface area (Å²) in [6, 6.07) is 15.2. The lowest BCUT2D eigenvalue weighted by atomic mass is 9.90. The van der Waals surface area contributed by atoms with Gasteiger partial charge in [-0.2, -0.15) is 0 Å². The Morgan fingerprint density at radius 3 is 2.15 bits per heavy atom. The molecule has 3 rings (SSSR count). The summed E-state index contributed by atoms with van der Waals surface area (Å²) in [5.41, 5.74) is -0.249. The van der Waals surface area contributed by atoms with E-state index in [1.165, 1.54) is 17.2 Å². The van der Waals surface area contributed by atoms with E-state index in [0.29, 0.717) is 30.6 Å². The van der Waals surface area contributed by atoms with Crippen LogP contribution in [0.4, 0.5) is 0 Å². The van der Waals surface area contributed by atoms with Gasteiger partial charge in [0.15, 0.2) is 5.76 Å². The van der Waals surface area contributed by atoms with E-state index in [-0.39, 0.29) is 42.9 Å². The first-order valence-electron chi connectivity index (χ1n) is 20.5. The van der Waals surface area contributed by atoms with Gasteiger partial charge in [-0.1, -0.05) is 69.5 Å². The van der Waals surface area contributed by atoms with Crippen molar-refractivity contribution in [1.82, 2.24) is 21.0 Å². The van der Waals surface area contributed by atoms with Crippen molar-refractivity contribution in [2.24, 2.45) is 5.92 Å². The third-order valence-electron chi connectivity index (χ3n) is 8.93. The topological polar surface area (TPSA) is 192 Å². The van der Waals surface area contributed by atoms with Crippen LogP contribution in [0.5, 0.6) is 5.75 Å². The second-order valence-corrected chi connectivity index (χ2v) is 16.2. The summed E-state index contributed by atoms with van der Waals surface area (Å²) in [6.07, 6.45) is 3.77. The Hall–Kier alpha value is -5.70. The minimum atomic E-state index is -1.35. The SMILES string of the molecule is CCCCC[C@@H](C(=O)NCNC(=O)c1ccc(-c2ccc(C(=O)N[C@@H](CC(=O)OC(C)(C)C)C(=O)OC(C)(C)C)c(OCC)c2)o1)[C@@H](CC)N(C=O)OCc1ccccc1. The Labute approximate surface area is 353 Å². The second kappa shape index (κ2) is 23.2. The molecule has 15 nitrogen and oxygen atoms in total. The number of rotatable bonds is 23. The standard InChI is InChI=1S/C45H62N4O11/c1-10-13-15-20-32(35(11-2)49(29-50)57-27-30-18-16-14-17-19-30)40(52)46-28-47-42(54)37-24-23-36(58-37)31-21-22-33(38(25-31)56-12-3)41(53)48-34(43(55)60-45(7,8)9)26-39(51)59-44(4,5)6/h14,16-19,21-25,29,32,34-35H,10-13,15,20,26-28H2,1-9H3,(H,46,52)(H,47,54)(H,48,53)/t32-,34+,35-/m1/s1. The fraction of sp³-hybridized carbons (Fsp3) is 0.511. The number of furan rings is 1. The van der Waals surface area contributed by atoms with Crippen molar-refractivity contribution >= 4 is 36.1 Å². The largest absolute Gasteiger partial charge is 0.493 e. The number of ether oxygens (including phenoxy) is 3. The molecule has 0 aliphatic rings. The van der Waals surface area contributed by atoms with E-state index in [9.17, 15) is 28.8 Å². The van der Waals surface area contributed by atoms with Gasteiger partial charge in [-0.3, -0.25) is 28.8 Å². The molecule has 1 heterocycles. The number of carbonyl (C=O) groups is 6. The average molecular weight is 835 g/mol. The zero-order valence-corrected chi connectivity index (χ0v) is 36.4. The van der Waals surface area contributed by atoms with Crippen molar-refractivity contribution in [3.63, 3.8) is 0 Å². The van der Waals surface area contributed by atoms with Crippen LogP contribution in [0.1, 0.15) is 127 Å². The molecule has 0 aliphatic carbocycles. The predicted octanol–water partition coefficient (Wildman–Crippen LogP) is 6.89. The molecule has 0 saturated carbocycles. The van der Waals surface area contributed by atoms with Crippen molar-refractivity contribution in [3.05, 3.63) is 77.6 Å². The normalized spacial score (nSPS) is 12.9. The first-order valence-corrected chi connectivity index (χ1v) is 20.5. The zero-order chi connectivity index (χ0) is 44.5. The summed E-state index contributed by atoms with van der Waals surface area (Å²) in [6.45, 7) is 16.0. The molecular weight excluding hydrogens is 773 g/mol. The molecule has 0 bridgehead atoms. The van der Waals surface area contributed by atoms with Crippen LogP contribution < -0.4 is 20.7 Å². The minimum Gasteiger partial charge on any atom is -0.493 e. The van der Waals surface area contributed by atoms with Crippen LogP contribution in [0.3, 0.4) is 0 Å². The van der Waals surface area contributed by atoms with Crippen LogP contribution in [-0.2, 0) is 40.1 Å². The fourth-order valence-electron chi connectivity index (χ4n) is 6.22. The van der Waals surface area contributed by atoms with E-state index in [1.54, 1.807) is 66.7 Å². The first kappa shape index (κ1) is 48.7. The number of amides is 4. The molecule has 2 aromatic carbocycles. The highest BCUT2D eigenvalue weighted by Gasteiger charge is 2.33. The van der Waals surface area contributed by atoms with E-state index in [4.69, 9.17) is 23.5 Å². The Bertz CT molecular complexity index is 1880. The fourth-order valence-corrected chi connectivity index (χ4v) is 6.22. The number of unbranched alkanes of at least 4 members (excludes halogenated alkanes) is 2. The van der Waals surface area contributed by atoms with Gasteiger partial charge in [0.2, 0.25) is 12.3 Å². The molecule has 15 heteroatoms. The average Bonchev–Trinajstić information content (AvgIpc) is 3.68. The van der Waals surface area contributed by atoms with Crippen LogP contribution in [0, 0.1) is 5.92 Å². The molecular formula is C45H62N4O11. The summed E-state index contributed by atoms with van der Waals surface area (Å²) >= 11 is 0. The number of nitrogens with one attached hydrogen (secondary N) is 3. The summed E-state index contributed by atoms with van der Waals surface area (Å²) in [7, 11) is 0. The van der Waals surface area contributed by atoms with E-state index < -0.39 is 59.4 Å². The number of benzene rings is 2. The van der Waals surface area contributed by atoms with Gasteiger partial charge in [0.1, 0.15) is 35.4 Å². The Balaban J connectivity index is 1.71. The van der Waals surface area contributed by atoms with Gasteiger partial charge in [-0.05, 0) is 91.1 Å². The van der Waals surface area contributed by atoms with Crippen molar-refractivity contribution in [2.75, 3.05) is 13.3 Å². The maximum absolute atomic E-state index is 13.6. The van der Waals surface area contributed by atoms with E-state index in [0.717, 1.165) is 24.8 Å². The first-order chi connectivity index (χ1) is 28.4. The summed E-state index contributed by atoms with van der Waals surface area (Å²) < 4.78 is 22.5. The summed E-state index contributed by atoms with van der Waals surface area (Å²) in [5, 5.41) is 9.26. The number of nitrogens with zero attached hydrogens (tertiary/aromatic N) is 1. The summed E-state index contributed by atoms with van der Waals surface area (Å²) in [5.74, 6) is -3.27. The lowest BCUT2D eigenvalue weighted by molar-refractivity contribution is -0.200. The molecule has 60 heavy (non-hydrogen) atoms. The van der Waals surface area contributed by atoms with Crippen LogP contribution >= 0.6 is 0 Å². The molecule has 0 spiro atoms. The van der Waals surface area contributed by atoms with E-state index in [2.05, 4.69) is 22.9 Å². The van der Waals surface area contributed by atoms with Crippen molar-refractivity contribution in [2.45, 2.75) is 131 Å². The third-order valence-corrected chi connectivity index (χ3v) is 8.93. The molecule has 0 saturated heterocycles. The highest BCUT2D eigenvalue weighted by Crippen LogP contribution is 2.30. The molecule has 3 atom stereocenters. The van der Waals surface area contributed by atoms with Gasteiger partial charge in [-0.15, -0.1) is 0 Å². The van der Waals surface area contributed by atoms with Crippen molar-refractivity contribution in [1.29, 1.82) is 0 Å². The number of carbonyl (C=O) groups excluding carboxylic acids is 6. The third kappa shape index (κ3) is 15.8. The Morgan fingerprint density at radius 2 is 1.53 bits per heavy atom. The minimum absolute atomic E-state index is 0.0336. The molecule has 0 radical (unpaired) electrons. The molecule has 3 N–H and O–H groups in total. The predicted molar refractivity (Wildman–Crippen MR) is 224 cm³/mol. The van der Waals surface area contributed by atoms with Gasteiger partial charge < -0.3 is 34.6 Å². The number of hydrogen-bond acceptors (Lipinski definition) is 11. The summed E-state index contributed by atoms with van der Waals surface area (Å²) in [4.78, 5) is 84.1. The van der Waals surface area contributed by atoms with Crippen LogP contribution in [0.2, 0.25) is 0 Å². The van der Waals surface area contributed by atoms with Gasteiger partial charge in [0.25, 0.3) is 11.8 Å². The Kier molecular flexibility index (Phi) is 18.8. The smallest absolute Gasteiger partial charge is 0.329 e. The molecule has 328 valence electrons. The lowest BCUT2D eigenvalue weighted by Crippen LogP contribution is -2.48. The van der Waals surface area contributed by atoms with Gasteiger partial charge in [-0.25, -0.2) is 9.86 Å². The van der Waals surface area contributed by atoms with Crippen LogP contribution in [-0.4, -0.2) is 77.7 Å². The number of esters is 2. The quantitative estimate of drug-likeness (QED) is 0.0297.